The van der Waals surface area contributed by atoms with E-state index in [0.717, 1.165) is 16.6 Å². The maximum atomic E-state index is 9.85. The average molecular weight is 336 g/mol. The van der Waals surface area contributed by atoms with Gasteiger partial charge in [0.05, 0.1) is 17.8 Å². The Bertz CT molecular complexity index is 750. The molecular weight excluding hydrogens is 311 g/mol. The largest absolute Gasteiger partial charge is 0.492 e. The van der Waals surface area contributed by atoms with Gasteiger partial charge in [0.1, 0.15) is 0 Å². The highest BCUT2D eigenvalue weighted by atomic mass is 16.7. The Morgan fingerprint density at radius 3 is 2.12 bits per heavy atom. The van der Waals surface area contributed by atoms with Gasteiger partial charge in [0.25, 0.3) is 0 Å². The second-order valence-electron chi connectivity index (χ2n) is 7.46. The summed E-state index contributed by atoms with van der Waals surface area (Å²) < 4.78 is 12.1. The molecule has 1 fully saturated rings. The van der Waals surface area contributed by atoms with Gasteiger partial charge in [-0.1, -0.05) is 54.6 Å². The summed E-state index contributed by atoms with van der Waals surface area (Å²) in [4.78, 5) is 0. The predicted molar refractivity (Wildman–Crippen MR) is 103 cm³/mol. The molecule has 130 valence electrons. The Morgan fingerprint density at radius 2 is 1.52 bits per heavy atom. The zero-order valence-electron chi connectivity index (χ0n) is 15.3. The molecule has 0 saturated carbocycles. The van der Waals surface area contributed by atoms with Crippen molar-refractivity contribution in [2.45, 2.75) is 38.9 Å². The van der Waals surface area contributed by atoms with E-state index < -0.39 is 18.3 Å². The van der Waals surface area contributed by atoms with Crippen LogP contribution in [0.15, 0.2) is 60.1 Å². The zero-order valence-corrected chi connectivity index (χ0v) is 15.3. The monoisotopic (exact) mass is 336 g/mol. The molecule has 0 aliphatic carbocycles. The minimum absolute atomic E-state index is 0.105. The normalized spacial score (nSPS) is 19.2. The van der Waals surface area contributed by atoms with Crippen molar-refractivity contribution in [2.24, 2.45) is 0 Å². The van der Waals surface area contributed by atoms with Gasteiger partial charge in [-0.05, 0) is 55.9 Å². The Morgan fingerprint density at radius 1 is 0.920 bits per heavy atom. The van der Waals surface area contributed by atoms with Gasteiger partial charge in [-0.25, -0.2) is 0 Å². The van der Waals surface area contributed by atoms with Crippen molar-refractivity contribution in [2.75, 3.05) is 6.61 Å². The van der Waals surface area contributed by atoms with Crippen molar-refractivity contribution in [1.82, 2.24) is 0 Å². The summed E-state index contributed by atoms with van der Waals surface area (Å²) in [5.41, 5.74) is 3.21. The molecule has 1 aliphatic heterocycles. The van der Waals surface area contributed by atoms with E-state index in [1.165, 1.54) is 5.56 Å². The van der Waals surface area contributed by atoms with Crippen LogP contribution in [0.25, 0.3) is 17.2 Å². The molecule has 1 saturated heterocycles. The van der Waals surface area contributed by atoms with Crippen LogP contribution in [0.4, 0.5) is 0 Å². The molecule has 1 heterocycles. The number of aliphatic hydroxyl groups is 1. The third kappa shape index (κ3) is 3.71. The number of hydrogen-bond acceptors (Lipinski definition) is 3. The van der Waals surface area contributed by atoms with E-state index in [2.05, 4.69) is 24.3 Å². The Balaban J connectivity index is 1.89. The van der Waals surface area contributed by atoms with Crippen molar-refractivity contribution in [3.05, 3.63) is 65.6 Å². The van der Waals surface area contributed by atoms with Crippen molar-refractivity contribution >= 4 is 13.2 Å². The maximum Gasteiger partial charge on any atom is 0.492 e. The quantitative estimate of drug-likeness (QED) is 0.843. The third-order valence-electron chi connectivity index (χ3n) is 5.08. The van der Waals surface area contributed by atoms with Crippen LogP contribution in [-0.2, 0) is 9.31 Å². The Hall–Kier alpha value is -1.88. The van der Waals surface area contributed by atoms with E-state index in [1.807, 2.05) is 64.1 Å². The standard InChI is InChI=1S/C21H25BO3/c1-20(2)21(3,4)25-22(24-20)19(15-23)14-16-9-8-12-18(13-16)17-10-6-5-7-11-17/h5-14,23H,15H2,1-4H3. The molecule has 1 N–H and O–H groups in total. The summed E-state index contributed by atoms with van der Waals surface area (Å²) in [5.74, 6) is 0. The lowest BCUT2D eigenvalue weighted by Crippen LogP contribution is -2.41. The van der Waals surface area contributed by atoms with Crippen molar-refractivity contribution in [3.8, 4) is 11.1 Å². The first kappa shape index (κ1) is 17.9. The van der Waals surface area contributed by atoms with E-state index >= 15 is 0 Å². The summed E-state index contributed by atoms with van der Waals surface area (Å²) in [6.45, 7) is 7.94. The fourth-order valence-corrected chi connectivity index (χ4v) is 2.84. The molecule has 3 nitrogen and oxygen atoms in total. The van der Waals surface area contributed by atoms with Crippen molar-refractivity contribution in [3.63, 3.8) is 0 Å². The molecule has 0 bridgehead atoms. The maximum absolute atomic E-state index is 9.85. The molecule has 0 radical (unpaired) electrons. The molecule has 25 heavy (non-hydrogen) atoms. The Kier molecular flexibility index (Phi) is 4.87. The topological polar surface area (TPSA) is 38.7 Å². The highest BCUT2D eigenvalue weighted by Gasteiger charge is 2.52. The van der Waals surface area contributed by atoms with Gasteiger partial charge in [-0.2, -0.15) is 0 Å². The first-order valence-electron chi connectivity index (χ1n) is 8.65. The van der Waals surface area contributed by atoms with Crippen LogP contribution in [0.3, 0.4) is 0 Å². The molecule has 2 aromatic carbocycles. The summed E-state index contributed by atoms with van der Waals surface area (Å²) >= 11 is 0. The van der Waals surface area contributed by atoms with Gasteiger partial charge >= 0.3 is 7.12 Å². The fourth-order valence-electron chi connectivity index (χ4n) is 2.84. The van der Waals surface area contributed by atoms with E-state index in [4.69, 9.17) is 9.31 Å². The lowest BCUT2D eigenvalue weighted by molar-refractivity contribution is 0.00578. The van der Waals surface area contributed by atoms with Gasteiger partial charge in [0.2, 0.25) is 0 Å². The van der Waals surface area contributed by atoms with Crippen LogP contribution < -0.4 is 0 Å². The van der Waals surface area contributed by atoms with Crippen LogP contribution >= 0.6 is 0 Å². The molecule has 0 aromatic heterocycles. The number of benzene rings is 2. The molecule has 0 atom stereocenters. The minimum Gasteiger partial charge on any atom is -0.400 e. The highest BCUT2D eigenvalue weighted by Crippen LogP contribution is 2.38. The number of hydrogen-bond donors (Lipinski definition) is 1. The van der Waals surface area contributed by atoms with E-state index in [-0.39, 0.29) is 6.61 Å². The summed E-state index contributed by atoms with van der Waals surface area (Å²) in [5, 5.41) is 9.85. The average Bonchev–Trinajstić information content (AvgIpc) is 2.81. The molecule has 4 heteroatoms. The fraction of sp³-hybridized carbons (Fsp3) is 0.333. The van der Waals surface area contributed by atoms with E-state index in [0.29, 0.717) is 0 Å². The van der Waals surface area contributed by atoms with Crippen molar-refractivity contribution in [1.29, 1.82) is 0 Å². The van der Waals surface area contributed by atoms with Crippen molar-refractivity contribution < 1.29 is 14.4 Å². The Labute approximate surface area is 150 Å². The second-order valence-corrected chi connectivity index (χ2v) is 7.46. The SMILES string of the molecule is CC1(C)OB(C(=Cc2cccc(-c3ccccc3)c2)CO)OC1(C)C. The second kappa shape index (κ2) is 6.79. The van der Waals surface area contributed by atoms with E-state index in [1.54, 1.807) is 0 Å². The summed E-state index contributed by atoms with van der Waals surface area (Å²) in [7, 11) is -0.532. The zero-order chi connectivity index (χ0) is 18.1. The van der Waals surface area contributed by atoms with Gasteiger partial charge in [-0.3, -0.25) is 0 Å². The van der Waals surface area contributed by atoms with Gasteiger partial charge in [0, 0.05) is 0 Å². The number of aliphatic hydroxyl groups excluding tert-OH is 1. The van der Waals surface area contributed by atoms with Crippen LogP contribution in [-0.4, -0.2) is 30.0 Å². The minimum atomic E-state index is -0.532. The molecule has 1 aliphatic rings. The van der Waals surface area contributed by atoms with Crippen LogP contribution in [0.1, 0.15) is 33.3 Å². The summed E-state index contributed by atoms with van der Waals surface area (Å²) in [6.07, 6.45) is 1.95. The van der Waals surface area contributed by atoms with Gasteiger partial charge < -0.3 is 14.4 Å². The smallest absolute Gasteiger partial charge is 0.400 e. The van der Waals surface area contributed by atoms with E-state index in [9.17, 15) is 5.11 Å². The third-order valence-corrected chi connectivity index (χ3v) is 5.08. The van der Waals surface area contributed by atoms with Crippen LogP contribution in [0.5, 0.6) is 0 Å². The molecule has 0 unspecified atom stereocenters. The molecule has 2 aromatic rings. The molecular formula is C21H25BO3. The first-order chi connectivity index (χ1) is 11.8. The first-order valence-corrected chi connectivity index (χ1v) is 8.65. The molecule has 0 spiro atoms. The lowest BCUT2D eigenvalue weighted by atomic mass is 9.77. The highest BCUT2D eigenvalue weighted by molar-refractivity contribution is 6.55. The van der Waals surface area contributed by atoms with Gasteiger partial charge in [-0.15, -0.1) is 0 Å². The van der Waals surface area contributed by atoms with Crippen LogP contribution in [0.2, 0.25) is 0 Å². The predicted octanol–water partition coefficient (Wildman–Crippen LogP) is 4.36. The van der Waals surface area contributed by atoms with Gasteiger partial charge in [0.15, 0.2) is 0 Å². The molecule has 0 amide bonds. The molecule has 3 rings (SSSR count). The lowest BCUT2D eigenvalue weighted by Gasteiger charge is -2.32. The van der Waals surface area contributed by atoms with Crippen LogP contribution in [0, 0.1) is 0 Å². The summed E-state index contributed by atoms with van der Waals surface area (Å²) in [6, 6.07) is 18.5. The number of rotatable bonds is 4.